The molecule has 0 radical (unpaired) electrons. The van der Waals surface area contributed by atoms with Gasteiger partial charge in [0.2, 0.25) is 5.91 Å². The quantitative estimate of drug-likeness (QED) is 0.885. The van der Waals surface area contributed by atoms with Crippen LogP contribution in [0.5, 0.6) is 5.75 Å². The number of likely N-dealkylation sites (tertiary alicyclic amines) is 1. The topological polar surface area (TPSA) is 58.6 Å². The molecule has 0 saturated carbocycles. The van der Waals surface area contributed by atoms with E-state index in [0.29, 0.717) is 24.3 Å². The third kappa shape index (κ3) is 3.73. The van der Waals surface area contributed by atoms with Crippen molar-refractivity contribution in [1.29, 1.82) is 0 Å². The molecule has 0 unspecified atom stereocenters. The van der Waals surface area contributed by atoms with Gasteiger partial charge in [-0.1, -0.05) is 0 Å². The number of benzene rings is 1. The number of carbonyl (C=O) groups is 2. The van der Waals surface area contributed by atoms with Crippen LogP contribution in [0.2, 0.25) is 0 Å². The van der Waals surface area contributed by atoms with Gasteiger partial charge in [-0.2, -0.15) is 0 Å². The van der Waals surface area contributed by atoms with Crippen molar-refractivity contribution in [1.82, 2.24) is 10.2 Å². The van der Waals surface area contributed by atoms with Crippen molar-refractivity contribution >= 4 is 11.8 Å². The van der Waals surface area contributed by atoms with Gasteiger partial charge in [0, 0.05) is 31.6 Å². The van der Waals surface area contributed by atoms with Crippen molar-refractivity contribution in [3.63, 3.8) is 0 Å². The number of methoxy groups -OCH3 is 1. The van der Waals surface area contributed by atoms with Crippen LogP contribution in [0, 0.1) is 0 Å². The van der Waals surface area contributed by atoms with E-state index >= 15 is 0 Å². The Kier molecular flexibility index (Phi) is 4.98. The molecule has 1 heterocycles. The highest BCUT2D eigenvalue weighted by Gasteiger charge is 2.17. The summed E-state index contributed by atoms with van der Waals surface area (Å²) in [4.78, 5) is 25.5. The number of nitrogens with zero attached hydrogens (tertiary/aromatic N) is 1. The van der Waals surface area contributed by atoms with Crippen molar-refractivity contribution < 1.29 is 14.3 Å². The summed E-state index contributed by atoms with van der Waals surface area (Å²) in [6.45, 7) is 2.08. The average molecular weight is 276 g/mol. The predicted molar refractivity (Wildman–Crippen MR) is 75.8 cm³/mol. The van der Waals surface area contributed by atoms with E-state index in [-0.39, 0.29) is 11.8 Å². The Morgan fingerprint density at radius 2 is 1.85 bits per heavy atom. The number of rotatable bonds is 5. The number of amides is 2. The van der Waals surface area contributed by atoms with Crippen molar-refractivity contribution in [2.45, 2.75) is 19.3 Å². The summed E-state index contributed by atoms with van der Waals surface area (Å²) in [5.41, 5.74) is 0.569. The van der Waals surface area contributed by atoms with Gasteiger partial charge in [0.1, 0.15) is 5.75 Å². The second-order valence-electron chi connectivity index (χ2n) is 4.82. The zero-order chi connectivity index (χ0) is 14.4. The molecule has 2 amide bonds. The fourth-order valence-electron chi connectivity index (χ4n) is 2.25. The Morgan fingerprint density at radius 3 is 2.45 bits per heavy atom. The van der Waals surface area contributed by atoms with E-state index in [1.54, 1.807) is 31.4 Å². The fraction of sp³-hybridized carbons (Fsp3) is 0.467. The van der Waals surface area contributed by atoms with Gasteiger partial charge in [0.15, 0.2) is 0 Å². The molecule has 5 heteroatoms. The van der Waals surface area contributed by atoms with Gasteiger partial charge in [-0.25, -0.2) is 0 Å². The molecule has 1 aromatic carbocycles. The van der Waals surface area contributed by atoms with E-state index in [1.165, 1.54) is 0 Å². The molecule has 0 atom stereocenters. The van der Waals surface area contributed by atoms with Gasteiger partial charge >= 0.3 is 0 Å². The SMILES string of the molecule is COc1ccc(C(=O)NCCC(=O)N2CCCC2)cc1. The standard InChI is InChI=1S/C15H20N2O3/c1-20-13-6-4-12(5-7-13)15(19)16-9-8-14(18)17-10-2-3-11-17/h4-7H,2-3,8-11H2,1H3,(H,16,19). The second kappa shape index (κ2) is 6.93. The molecule has 1 saturated heterocycles. The molecule has 108 valence electrons. The van der Waals surface area contributed by atoms with Crippen molar-refractivity contribution in [2.24, 2.45) is 0 Å². The molecule has 0 aliphatic carbocycles. The van der Waals surface area contributed by atoms with Crippen LogP contribution >= 0.6 is 0 Å². The summed E-state index contributed by atoms with van der Waals surface area (Å²) >= 11 is 0. The van der Waals surface area contributed by atoms with Crippen molar-refractivity contribution in [2.75, 3.05) is 26.7 Å². The Morgan fingerprint density at radius 1 is 1.20 bits per heavy atom. The third-order valence-corrected chi connectivity index (χ3v) is 3.44. The lowest BCUT2D eigenvalue weighted by Crippen LogP contribution is -2.32. The predicted octanol–water partition coefficient (Wildman–Crippen LogP) is 1.44. The smallest absolute Gasteiger partial charge is 0.251 e. The lowest BCUT2D eigenvalue weighted by molar-refractivity contribution is -0.129. The van der Waals surface area contributed by atoms with Gasteiger partial charge in [-0.3, -0.25) is 9.59 Å². The van der Waals surface area contributed by atoms with Gasteiger partial charge in [0.05, 0.1) is 7.11 Å². The zero-order valence-electron chi connectivity index (χ0n) is 11.7. The van der Waals surface area contributed by atoms with Crippen LogP contribution in [0.15, 0.2) is 24.3 Å². The fourth-order valence-corrected chi connectivity index (χ4v) is 2.25. The van der Waals surface area contributed by atoms with E-state index in [1.807, 2.05) is 4.90 Å². The molecule has 1 fully saturated rings. The molecule has 2 rings (SSSR count). The molecule has 5 nitrogen and oxygen atoms in total. The summed E-state index contributed by atoms with van der Waals surface area (Å²) in [6, 6.07) is 6.89. The highest BCUT2D eigenvalue weighted by atomic mass is 16.5. The minimum absolute atomic E-state index is 0.123. The number of ether oxygens (including phenoxy) is 1. The molecule has 1 aromatic rings. The first-order valence-electron chi connectivity index (χ1n) is 6.91. The Bertz CT molecular complexity index is 465. The molecule has 0 aromatic heterocycles. The number of hydrogen-bond acceptors (Lipinski definition) is 3. The first kappa shape index (κ1) is 14.4. The van der Waals surface area contributed by atoms with Crippen molar-refractivity contribution in [3.05, 3.63) is 29.8 Å². The second-order valence-corrected chi connectivity index (χ2v) is 4.82. The van der Waals surface area contributed by atoms with E-state index in [9.17, 15) is 9.59 Å². The average Bonchev–Trinajstić information content (AvgIpc) is 3.01. The molecule has 1 aliphatic heterocycles. The Labute approximate surface area is 118 Å². The summed E-state index contributed by atoms with van der Waals surface area (Å²) in [6.07, 6.45) is 2.54. The minimum Gasteiger partial charge on any atom is -0.497 e. The van der Waals surface area contributed by atoms with E-state index in [0.717, 1.165) is 25.9 Å². The number of hydrogen-bond donors (Lipinski definition) is 1. The summed E-state index contributed by atoms with van der Waals surface area (Å²) < 4.78 is 5.04. The Balaban J connectivity index is 1.75. The van der Waals surface area contributed by atoms with Crippen LogP contribution in [0.25, 0.3) is 0 Å². The normalized spacial score (nSPS) is 14.2. The van der Waals surface area contributed by atoms with Crippen LogP contribution < -0.4 is 10.1 Å². The largest absolute Gasteiger partial charge is 0.497 e. The molecule has 0 spiro atoms. The highest BCUT2D eigenvalue weighted by molar-refractivity contribution is 5.94. The third-order valence-electron chi connectivity index (χ3n) is 3.44. The highest BCUT2D eigenvalue weighted by Crippen LogP contribution is 2.11. The van der Waals surface area contributed by atoms with E-state index < -0.39 is 0 Å². The maximum absolute atomic E-state index is 11.9. The van der Waals surface area contributed by atoms with E-state index in [2.05, 4.69) is 5.32 Å². The summed E-state index contributed by atoms with van der Waals surface area (Å²) in [7, 11) is 1.58. The molecule has 0 bridgehead atoms. The van der Waals surface area contributed by atoms with E-state index in [4.69, 9.17) is 4.74 Å². The Hall–Kier alpha value is -2.04. The van der Waals surface area contributed by atoms with Crippen LogP contribution in [-0.2, 0) is 4.79 Å². The maximum atomic E-state index is 11.9. The van der Waals surface area contributed by atoms with Crippen LogP contribution in [0.1, 0.15) is 29.6 Å². The maximum Gasteiger partial charge on any atom is 0.251 e. The number of nitrogens with one attached hydrogen (secondary N) is 1. The molecule has 1 N–H and O–H groups in total. The van der Waals surface area contributed by atoms with Gasteiger partial charge in [-0.05, 0) is 37.1 Å². The van der Waals surface area contributed by atoms with Gasteiger partial charge in [-0.15, -0.1) is 0 Å². The minimum atomic E-state index is -0.165. The number of carbonyl (C=O) groups excluding carboxylic acids is 2. The summed E-state index contributed by atoms with van der Waals surface area (Å²) in [5, 5.41) is 2.76. The first-order valence-corrected chi connectivity index (χ1v) is 6.91. The van der Waals surface area contributed by atoms with Crippen molar-refractivity contribution in [3.8, 4) is 5.75 Å². The van der Waals surface area contributed by atoms with Gasteiger partial charge < -0.3 is 15.0 Å². The molecule has 20 heavy (non-hydrogen) atoms. The lowest BCUT2D eigenvalue weighted by Gasteiger charge is -2.15. The molecule has 1 aliphatic rings. The first-order chi connectivity index (χ1) is 9.70. The van der Waals surface area contributed by atoms with Crippen LogP contribution in [-0.4, -0.2) is 43.5 Å². The van der Waals surface area contributed by atoms with Crippen LogP contribution in [0.4, 0.5) is 0 Å². The zero-order valence-corrected chi connectivity index (χ0v) is 11.7. The lowest BCUT2D eigenvalue weighted by atomic mass is 10.2. The monoisotopic (exact) mass is 276 g/mol. The summed E-state index contributed by atoms with van der Waals surface area (Å²) in [5.74, 6) is 0.671. The molecular formula is C15H20N2O3. The van der Waals surface area contributed by atoms with Crippen LogP contribution in [0.3, 0.4) is 0 Å². The van der Waals surface area contributed by atoms with Gasteiger partial charge in [0.25, 0.3) is 5.91 Å². The molecular weight excluding hydrogens is 256 g/mol.